The summed E-state index contributed by atoms with van der Waals surface area (Å²) in [5, 5.41) is 3.46. The number of carbonyl (C=O) groups excluding carboxylic acids is 1. The average molecular weight is 276 g/mol. The monoisotopic (exact) mass is 275 g/mol. The Morgan fingerprint density at radius 2 is 1.95 bits per heavy atom. The van der Waals surface area contributed by atoms with Gasteiger partial charge in [-0.05, 0) is 42.0 Å². The van der Waals surface area contributed by atoms with E-state index in [-0.39, 0.29) is 5.91 Å². The molecule has 0 fully saturated rings. The van der Waals surface area contributed by atoms with Gasteiger partial charge in [-0.25, -0.2) is 0 Å². The molecular weight excluding hydrogens is 262 g/mol. The number of methoxy groups -OCH3 is 1. The summed E-state index contributed by atoms with van der Waals surface area (Å²) in [5.74, 6) is 0.673. The highest BCUT2D eigenvalue weighted by Gasteiger charge is 2.05. The van der Waals surface area contributed by atoms with Crippen molar-refractivity contribution in [2.24, 2.45) is 0 Å². The Labute approximate surface area is 117 Å². The van der Waals surface area contributed by atoms with Gasteiger partial charge in [0.15, 0.2) is 0 Å². The van der Waals surface area contributed by atoms with Crippen LogP contribution in [-0.2, 0) is 11.2 Å². The molecule has 3 nitrogen and oxygen atoms in total. The summed E-state index contributed by atoms with van der Waals surface area (Å²) in [7, 11) is 1.60. The molecule has 0 aliphatic rings. The molecule has 2 rings (SSSR count). The molecule has 0 saturated carbocycles. The zero-order valence-corrected chi connectivity index (χ0v) is 11.3. The smallest absolute Gasteiger partial charge is 0.228 e. The number of hydrogen-bond donors (Lipinski definition) is 1. The third kappa shape index (κ3) is 4.00. The summed E-state index contributed by atoms with van der Waals surface area (Å²) in [6.45, 7) is 0. The van der Waals surface area contributed by atoms with Crippen molar-refractivity contribution < 1.29 is 9.53 Å². The van der Waals surface area contributed by atoms with Crippen molar-refractivity contribution in [1.29, 1.82) is 0 Å². The number of hydrogen-bond acceptors (Lipinski definition) is 2. The first-order chi connectivity index (χ1) is 9.17. The molecule has 2 aromatic carbocycles. The average Bonchev–Trinajstić information content (AvgIpc) is 2.41. The van der Waals surface area contributed by atoms with E-state index in [9.17, 15) is 4.79 Å². The van der Waals surface area contributed by atoms with Gasteiger partial charge in [-0.3, -0.25) is 4.79 Å². The van der Waals surface area contributed by atoms with E-state index in [1.54, 1.807) is 31.4 Å². The fraction of sp³-hybridized carbons (Fsp3) is 0.133. The van der Waals surface area contributed by atoms with E-state index in [2.05, 4.69) is 5.32 Å². The van der Waals surface area contributed by atoms with E-state index in [0.717, 1.165) is 17.0 Å². The highest BCUT2D eigenvalue weighted by Crippen LogP contribution is 2.15. The van der Waals surface area contributed by atoms with Crippen molar-refractivity contribution in [2.75, 3.05) is 12.4 Å². The van der Waals surface area contributed by atoms with Crippen LogP contribution >= 0.6 is 11.6 Å². The highest BCUT2D eigenvalue weighted by molar-refractivity contribution is 6.30. The first-order valence-corrected chi connectivity index (χ1v) is 6.23. The Morgan fingerprint density at radius 1 is 1.21 bits per heavy atom. The Morgan fingerprint density at radius 3 is 2.63 bits per heavy atom. The molecule has 2 aromatic rings. The lowest BCUT2D eigenvalue weighted by atomic mass is 10.1. The molecule has 0 radical (unpaired) electrons. The second kappa shape index (κ2) is 6.25. The summed E-state index contributed by atoms with van der Waals surface area (Å²) < 4.78 is 5.12. The fourth-order valence-electron chi connectivity index (χ4n) is 1.71. The summed E-state index contributed by atoms with van der Waals surface area (Å²) in [6.07, 6.45) is 0.305. The zero-order valence-electron chi connectivity index (χ0n) is 10.5. The predicted octanol–water partition coefficient (Wildman–Crippen LogP) is 3.53. The van der Waals surface area contributed by atoms with Crippen molar-refractivity contribution in [1.82, 2.24) is 0 Å². The third-order valence-electron chi connectivity index (χ3n) is 2.63. The van der Waals surface area contributed by atoms with Crippen LogP contribution < -0.4 is 10.1 Å². The highest BCUT2D eigenvalue weighted by atomic mass is 35.5. The van der Waals surface area contributed by atoms with Crippen molar-refractivity contribution in [3.8, 4) is 5.75 Å². The van der Waals surface area contributed by atoms with E-state index in [1.807, 2.05) is 24.3 Å². The Kier molecular flexibility index (Phi) is 4.42. The maximum absolute atomic E-state index is 11.9. The fourth-order valence-corrected chi connectivity index (χ4v) is 1.83. The molecule has 0 heterocycles. The molecule has 4 heteroatoms. The van der Waals surface area contributed by atoms with Crippen molar-refractivity contribution >= 4 is 23.2 Å². The van der Waals surface area contributed by atoms with Gasteiger partial charge < -0.3 is 10.1 Å². The Balaban J connectivity index is 1.99. The van der Waals surface area contributed by atoms with Crippen molar-refractivity contribution in [3.05, 3.63) is 59.1 Å². The van der Waals surface area contributed by atoms with Crippen LogP contribution in [0.4, 0.5) is 5.69 Å². The summed E-state index contributed by atoms with van der Waals surface area (Å²) >= 11 is 5.78. The van der Waals surface area contributed by atoms with Gasteiger partial charge in [0, 0.05) is 10.7 Å². The Bertz CT molecular complexity index is 567. The molecule has 0 saturated heterocycles. The van der Waals surface area contributed by atoms with Crippen LogP contribution in [0.1, 0.15) is 5.56 Å². The molecule has 98 valence electrons. The molecule has 0 aliphatic carbocycles. The topological polar surface area (TPSA) is 38.3 Å². The van der Waals surface area contributed by atoms with E-state index < -0.39 is 0 Å². The third-order valence-corrected chi connectivity index (χ3v) is 2.88. The molecule has 1 N–H and O–H groups in total. The number of benzene rings is 2. The van der Waals surface area contributed by atoms with Crippen molar-refractivity contribution in [3.63, 3.8) is 0 Å². The van der Waals surface area contributed by atoms with Gasteiger partial charge in [-0.2, -0.15) is 0 Å². The lowest BCUT2D eigenvalue weighted by Crippen LogP contribution is -2.14. The van der Waals surface area contributed by atoms with E-state index in [4.69, 9.17) is 16.3 Å². The lowest BCUT2D eigenvalue weighted by molar-refractivity contribution is -0.115. The van der Waals surface area contributed by atoms with E-state index in [0.29, 0.717) is 11.4 Å². The molecule has 0 aromatic heterocycles. The SMILES string of the molecule is COc1cccc(CC(=O)Nc2ccc(Cl)cc2)c1. The molecular formula is C15H14ClNO2. The Hall–Kier alpha value is -2.00. The molecule has 0 spiro atoms. The van der Waals surface area contributed by atoms with Gasteiger partial charge in [-0.15, -0.1) is 0 Å². The van der Waals surface area contributed by atoms with Gasteiger partial charge in [0.25, 0.3) is 0 Å². The normalized spacial score (nSPS) is 10.0. The van der Waals surface area contributed by atoms with Gasteiger partial charge in [0.1, 0.15) is 5.75 Å². The number of amides is 1. The minimum Gasteiger partial charge on any atom is -0.497 e. The van der Waals surface area contributed by atoms with Gasteiger partial charge in [-0.1, -0.05) is 23.7 Å². The molecule has 0 atom stereocenters. The minimum absolute atomic E-state index is 0.0735. The summed E-state index contributed by atoms with van der Waals surface area (Å²) in [6, 6.07) is 14.5. The number of rotatable bonds is 4. The number of carbonyl (C=O) groups is 1. The lowest BCUT2D eigenvalue weighted by Gasteiger charge is -2.06. The quantitative estimate of drug-likeness (QED) is 0.927. The standard InChI is InChI=1S/C15H14ClNO2/c1-19-14-4-2-3-11(9-14)10-15(18)17-13-7-5-12(16)6-8-13/h2-9H,10H2,1H3,(H,17,18). The maximum Gasteiger partial charge on any atom is 0.228 e. The maximum atomic E-state index is 11.9. The molecule has 1 amide bonds. The number of ether oxygens (including phenoxy) is 1. The van der Waals surface area contributed by atoms with Crippen LogP contribution in [0.5, 0.6) is 5.75 Å². The molecule has 0 bridgehead atoms. The van der Waals surface area contributed by atoms with Crippen molar-refractivity contribution in [2.45, 2.75) is 6.42 Å². The van der Waals surface area contributed by atoms with Crippen LogP contribution in [0.2, 0.25) is 5.02 Å². The van der Waals surface area contributed by atoms with Crippen LogP contribution in [0.3, 0.4) is 0 Å². The van der Waals surface area contributed by atoms with Crippen LogP contribution in [0.25, 0.3) is 0 Å². The van der Waals surface area contributed by atoms with Crippen LogP contribution in [0, 0.1) is 0 Å². The van der Waals surface area contributed by atoms with Gasteiger partial charge in [0.2, 0.25) is 5.91 Å². The summed E-state index contributed by atoms with van der Waals surface area (Å²) in [5.41, 5.74) is 1.64. The van der Waals surface area contributed by atoms with E-state index in [1.165, 1.54) is 0 Å². The number of halogens is 1. The molecule has 0 unspecified atom stereocenters. The zero-order chi connectivity index (χ0) is 13.7. The first-order valence-electron chi connectivity index (χ1n) is 5.86. The van der Waals surface area contributed by atoms with Gasteiger partial charge in [0.05, 0.1) is 13.5 Å². The second-order valence-electron chi connectivity index (χ2n) is 4.08. The number of nitrogens with one attached hydrogen (secondary N) is 1. The first kappa shape index (κ1) is 13.4. The second-order valence-corrected chi connectivity index (χ2v) is 4.52. The summed E-state index contributed by atoms with van der Waals surface area (Å²) in [4.78, 5) is 11.9. The molecule has 19 heavy (non-hydrogen) atoms. The largest absolute Gasteiger partial charge is 0.497 e. The van der Waals surface area contributed by atoms with Crippen LogP contribution in [-0.4, -0.2) is 13.0 Å². The van der Waals surface area contributed by atoms with Crippen LogP contribution in [0.15, 0.2) is 48.5 Å². The van der Waals surface area contributed by atoms with Gasteiger partial charge >= 0.3 is 0 Å². The molecule has 0 aliphatic heterocycles. The number of anilines is 1. The van der Waals surface area contributed by atoms with E-state index >= 15 is 0 Å². The predicted molar refractivity (Wildman–Crippen MR) is 76.8 cm³/mol. The minimum atomic E-state index is -0.0735.